The van der Waals surface area contributed by atoms with Crippen LogP contribution in [0.2, 0.25) is 0 Å². The van der Waals surface area contributed by atoms with Crippen molar-refractivity contribution in [1.82, 2.24) is 15.0 Å². The lowest BCUT2D eigenvalue weighted by molar-refractivity contribution is 0.703. The first kappa shape index (κ1) is 30.0. The molecule has 10 rings (SSSR count). The molecule has 0 unspecified atom stereocenters. The fourth-order valence-corrected chi connectivity index (χ4v) is 9.94. The summed E-state index contributed by atoms with van der Waals surface area (Å²) in [4.78, 5) is 17.8. The Kier molecular flexibility index (Phi) is 7.15. The van der Waals surface area contributed by atoms with Crippen molar-refractivity contribution in [3.8, 4) is 34.2 Å². The van der Waals surface area contributed by atoms with E-state index in [-0.39, 0.29) is 0 Å². The molecule has 7 aromatic carbocycles. The molecular formula is C46H29N3S2. The summed E-state index contributed by atoms with van der Waals surface area (Å²) in [5.74, 6) is 1.98. The van der Waals surface area contributed by atoms with Gasteiger partial charge in [-0.3, -0.25) is 0 Å². The summed E-state index contributed by atoms with van der Waals surface area (Å²) in [6, 6.07) is 62.8. The highest BCUT2D eigenvalue weighted by Gasteiger charge is 2.44. The fraction of sp³-hybridized carbons (Fsp3) is 0.0217. The number of hydrogen-bond donors (Lipinski definition) is 0. The molecule has 0 fully saturated rings. The largest absolute Gasteiger partial charge is 0.208 e. The molecule has 2 aromatic heterocycles. The van der Waals surface area contributed by atoms with E-state index in [0.717, 1.165) is 16.7 Å². The third kappa shape index (κ3) is 4.92. The minimum atomic E-state index is -0.489. The van der Waals surface area contributed by atoms with Gasteiger partial charge in [0.25, 0.3) is 0 Å². The Labute approximate surface area is 304 Å². The Morgan fingerprint density at radius 2 is 0.902 bits per heavy atom. The molecule has 0 bridgehead atoms. The lowest BCUT2D eigenvalue weighted by Crippen LogP contribution is -2.34. The van der Waals surface area contributed by atoms with E-state index in [2.05, 4.69) is 158 Å². The van der Waals surface area contributed by atoms with Crippen LogP contribution in [-0.2, 0) is 5.41 Å². The van der Waals surface area contributed by atoms with E-state index < -0.39 is 5.41 Å². The Bertz CT molecular complexity index is 2680. The number of aromatic nitrogens is 3. The summed E-state index contributed by atoms with van der Waals surface area (Å²) in [6.07, 6.45) is 0. The van der Waals surface area contributed by atoms with Gasteiger partial charge in [0.15, 0.2) is 17.5 Å². The number of fused-ring (bicyclic) bond motifs is 5. The van der Waals surface area contributed by atoms with E-state index in [0.29, 0.717) is 17.5 Å². The summed E-state index contributed by atoms with van der Waals surface area (Å²) in [6.45, 7) is 0. The SMILES string of the molecule is c1ccc(-c2nc(-c3ccc4c(c3)Sc3ccccc3C4(c3ccccc3)c3ccccc3)nc(-c3ccc4c(c3)sc3ccccc34)n2)cc1. The number of thiophene rings is 1. The van der Waals surface area contributed by atoms with E-state index in [9.17, 15) is 0 Å². The predicted octanol–water partition coefficient (Wildman–Crippen LogP) is 12.1. The summed E-state index contributed by atoms with van der Waals surface area (Å²) in [7, 11) is 0. The molecule has 51 heavy (non-hydrogen) atoms. The first-order valence-electron chi connectivity index (χ1n) is 17.0. The van der Waals surface area contributed by atoms with Crippen molar-refractivity contribution in [3.05, 3.63) is 198 Å². The molecule has 0 saturated carbocycles. The smallest absolute Gasteiger partial charge is 0.164 e. The van der Waals surface area contributed by atoms with Crippen molar-refractivity contribution in [2.75, 3.05) is 0 Å². The molecule has 1 aliphatic rings. The van der Waals surface area contributed by atoms with Gasteiger partial charge in [0.05, 0.1) is 5.41 Å². The fourth-order valence-electron chi connectivity index (χ4n) is 7.57. The zero-order chi connectivity index (χ0) is 33.8. The minimum absolute atomic E-state index is 0.489. The van der Waals surface area contributed by atoms with E-state index in [1.54, 1.807) is 11.3 Å². The standard InChI is InChI=1S/C46H29N3S2/c1-4-14-30(15-5-1)43-47-44(31-24-26-36-35-20-10-12-22-39(35)50-41(36)28-31)49-45(48-43)32-25-27-38-42(29-32)51-40-23-13-11-21-37(40)46(38,33-16-6-2-7-17-33)34-18-8-3-9-19-34/h1-29H. The van der Waals surface area contributed by atoms with Crippen LogP contribution in [0.3, 0.4) is 0 Å². The van der Waals surface area contributed by atoms with Gasteiger partial charge >= 0.3 is 0 Å². The lowest BCUT2D eigenvalue weighted by Gasteiger charge is -2.42. The first-order valence-corrected chi connectivity index (χ1v) is 18.7. The molecule has 0 saturated heterocycles. The second-order valence-corrected chi connectivity index (χ2v) is 14.9. The van der Waals surface area contributed by atoms with Gasteiger partial charge in [-0.1, -0.05) is 163 Å². The normalized spacial score (nSPS) is 13.2. The zero-order valence-electron chi connectivity index (χ0n) is 27.4. The molecule has 1 aliphatic heterocycles. The van der Waals surface area contributed by atoms with Crippen LogP contribution < -0.4 is 0 Å². The van der Waals surface area contributed by atoms with Crippen LogP contribution in [0.1, 0.15) is 22.3 Å². The molecule has 0 N–H and O–H groups in total. The summed E-state index contributed by atoms with van der Waals surface area (Å²) >= 11 is 3.62. The van der Waals surface area contributed by atoms with Crippen LogP contribution in [-0.4, -0.2) is 15.0 Å². The van der Waals surface area contributed by atoms with E-state index in [1.807, 2.05) is 30.0 Å². The summed E-state index contributed by atoms with van der Waals surface area (Å²) in [5.41, 5.74) is 7.42. The van der Waals surface area contributed by atoms with Crippen LogP contribution in [0, 0.1) is 0 Å². The first-order chi connectivity index (χ1) is 25.3. The molecule has 0 amide bonds. The third-order valence-electron chi connectivity index (χ3n) is 9.87. The van der Waals surface area contributed by atoms with Crippen molar-refractivity contribution >= 4 is 43.3 Å². The molecule has 0 radical (unpaired) electrons. The summed E-state index contributed by atoms with van der Waals surface area (Å²) < 4.78 is 2.50. The van der Waals surface area contributed by atoms with Gasteiger partial charge < -0.3 is 0 Å². The minimum Gasteiger partial charge on any atom is -0.208 e. The van der Waals surface area contributed by atoms with Crippen LogP contribution in [0.15, 0.2) is 186 Å². The Hall–Kier alpha value is -5.88. The molecule has 0 aliphatic carbocycles. The van der Waals surface area contributed by atoms with E-state index >= 15 is 0 Å². The van der Waals surface area contributed by atoms with Crippen molar-refractivity contribution in [3.63, 3.8) is 0 Å². The van der Waals surface area contributed by atoms with Crippen LogP contribution in [0.4, 0.5) is 0 Å². The zero-order valence-corrected chi connectivity index (χ0v) is 29.0. The maximum absolute atomic E-state index is 5.18. The number of hydrogen-bond acceptors (Lipinski definition) is 5. The van der Waals surface area contributed by atoms with Crippen molar-refractivity contribution in [2.45, 2.75) is 15.2 Å². The van der Waals surface area contributed by atoms with Gasteiger partial charge in [0.2, 0.25) is 0 Å². The number of rotatable bonds is 5. The van der Waals surface area contributed by atoms with Crippen molar-refractivity contribution < 1.29 is 0 Å². The lowest BCUT2D eigenvalue weighted by atomic mass is 9.64. The topological polar surface area (TPSA) is 38.7 Å². The molecule has 3 heterocycles. The van der Waals surface area contributed by atoms with Gasteiger partial charge in [-0.15, -0.1) is 11.3 Å². The van der Waals surface area contributed by atoms with Crippen LogP contribution in [0.25, 0.3) is 54.3 Å². The Balaban J connectivity index is 1.18. The van der Waals surface area contributed by atoms with Crippen molar-refractivity contribution in [1.29, 1.82) is 0 Å². The highest BCUT2D eigenvalue weighted by molar-refractivity contribution is 7.99. The van der Waals surface area contributed by atoms with Gasteiger partial charge in [0, 0.05) is 46.7 Å². The van der Waals surface area contributed by atoms with Gasteiger partial charge in [-0.05, 0) is 46.5 Å². The average Bonchev–Trinajstić information content (AvgIpc) is 3.58. The quantitative estimate of drug-likeness (QED) is 0.181. The molecule has 240 valence electrons. The van der Waals surface area contributed by atoms with E-state index in [1.165, 1.54) is 52.2 Å². The molecule has 9 aromatic rings. The van der Waals surface area contributed by atoms with Crippen molar-refractivity contribution in [2.24, 2.45) is 0 Å². The monoisotopic (exact) mass is 687 g/mol. The maximum Gasteiger partial charge on any atom is 0.164 e. The summed E-state index contributed by atoms with van der Waals surface area (Å²) in [5, 5.41) is 2.53. The molecular weight excluding hydrogens is 659 g/mol. The molecule has 0 spiro atoms. The Morgan fingerprint density at radius 3 is 1.63 bits per heavy atom. The molecule has 5 heteroatoms. The van der Waals surface area contributed by atoms with Gasteiger partial charge in [-0.25, -0.2) is 15.0 Å². The highest BCUT2D eigenvalue weighted by atomic mass is 32.2. The van der Waals surface area contributed by atoms with Crippen LogP contribution in [0.5, 0.6) is 0 Å². The second kappa shape index (κ2) is 12.2. The number of benzene rings is 7. The number of nitrogens with zero attached hydrogens (tertiary/aromatic N) is 3. The van der Waals surface area contributed by atoms with E-state index in [4.69, 9.17) is 15.0 Å². The predicted molar refractivity (Wildman–Crippen MR) is 211 cm³/mol. The maximum atomic E-state index is 5.18. The average molecular weight is 688 g/mol. The highest BCUT2D eigenvalue weighted by Crippen LogP contribution is 2.56. The third-order valence-corrected chi connectivity index (χ3v) is 12.1. The van der Waals surface area contributed by atoms with Gasteiger partial charge in [0.1, 0.15) is 0 Å². The van der Waals surface area contributed by atoms with Crippen LogP contribution >= 0.6 is 23.1 Å². The molecule has 0 atom stereocenters. The molecule has 3 nitrogen and oxygen atoms in total. The second-order valence-electron chi connectivity index (χ2n) is 12.8. The Morgan fingerprint density at radius 1 is 0.373 bits per heavy atom. The van der Waals surface area contributed by atoms with Gasteiger partial charge in [-0.2, -0.15) is 0 Å².